The number of nitrogens with one attached hydrogen (secondary N) is 1. The molecular formula is C14H23FN2O. The molecule has 0 fully saturated rings. The molecule has 1 aromatic rings. The summed E-state index contributed by atoms with van der Waals surface area (Å²) in [5.41, 5.74) is 0.877. The Labute approximate surface area is 109 Å². The van der Waals surface area contributed by atoms with Gasteiger partial charge in [0.15, 0.2) is 0 Å². The number of likely N-dealkylation sites (N-methyl/N-ethyl adjacent to an activating group) is 1. The number of ether oxygens (including phenoxy) is 1. The van der Waals surface area contributed by atoms with Crippen LogP contribution in [0.5, 0.6) is 5.75 Å². The number of rotatable bonds is 8. The molecule has 0 unspecified atom stereocenters. The maximum Gasteiger partial charge on any atom is 0.124 e. The summed E-state index contributed by atoms with van der Waals surface area (Å²) >= 11 is 0. The van der Waals surface area contributed by atoms with Crippen LogP contribution in [0.25, 0.3) is 0 Å². The fourth-order valence-corrected chi connectivity index (χ4v) is 1.56. The summed E-state index contributed by atoms with van der Waals surface area (Å²) in [5, 5.41) is 3.26. The van der Waals surface area contributed by atoms with E-state index in [0.29, 0.717) is 13.2 Å². The molecule has 1 rings (SSSR count). The largest absolute Gasteiger partial charge is 0.492 e. The normalized spacial score (nSPS) is 10.9. The zero-order chi connectivity index (χ0) is 13.4. The minimum absolute atomic E-state index is 0.219. The minimum Gasteiger partial charge on any atom is -0.492 e. The molecule has 102 valence electrons. The van der Waals surface area contributed by atoms with Crippen molar-refractivity contribution in [2.45, 2.75) is 19.9 Å². The van der Waals surface area contributed by atoms with E-state index in [9.17, 15) is 4.39 Å². The van der Waals surface area contributed by atoms with E-state index in [1.54, 1.807) is 6.07 Å². The summed E-state index contributed by atoms with van der Waals surface area (Å²) in [6.45, 7) is 5.13. The van der Waals surface area contributed by atoms with Gasteiger partial charge in [0.25, 0.3) is 0 Å². The van der Waals surface area contributed by atoms with Crippen molar-refractivity contribution in [3.63, 3.8) is 0 Å². The van der Waals surface area contributed by atoms with E-state index >= 15 is 0 Å². The average Bonchev–Trinajstić information content (AvgIpc) is 2.32. The third-order valence-electron chi connectivity index (χ3n) is 2.56. The summed E-state index contributed by atoms with van der Waals surface area (Å²) in [5.74, 6) is 0.546. The topological polar surface area (TPSA) is 24.5 Å². The van der Waals surface area contributed by atoms with Crippen LogP contribution in [0.3, 0.4) is 0 Å². The van der Waals surface area contributed by atoms with Gasteiger partial charge in [-0.2, -0.15) is 0 Å². The van der Waals surface area contributed by atoms with Crippen LogP contribution in [0.15, 0.2) is 18.2 Å². The van der Waals surface area contributed by atoms with Gasteiger partial charge in [-0.25, -0.2) is 4.39 Å². The maximum atomic E-state index is 13.2. The highest BCUT2D eigenvalue weighted by atomic mass is 19.1. The SMILES string of the molecule is CCCNCc1cc(F)ccc1OCCN(C)C. The van der Waals surface area contributed by atoms with E-state index in [0.717, 1.165) is 30.8 Å². The molecular weight excluding hydrogens is 231 g/mol. The van der Waals surface area contributed by atoms with Gasteiger partial charge in [-0.15, -0.1) is 0 Å². The van der Waals surface area contributed by atoms with Gasteiger partial charge in [0.05, 0.1) is 0 Å². The highest BCUT2D eigenvalue weighted by Gasteiger charge is 2.05. The predicted molar refractivity (Wildman–Crippen MR) is 72.4 cm³/mol. The molecule has 0 spiro atoms. The average molecular weight is 254 g/mol. The van der Waals surface area contributed by atoms with Gasteiger partial charge in [-0.1, -0.05) is 6.92 Å². The van der Waals surface area contributed by atoms with Crippen LogP contribution in [0.4, 0.5) is 4.39 Å². The van der Waals surface area contributed by atoms with Gasteiger partial charge in [-0.3, -0.25) is 0 Å². The van der Waals surface area contributed by atoms with Crippen molar-refractivity contribution in [1.29, 1.82) is 0 Å². The molecule has 0 radical (unpaired) electrons. The molecule has 1 aromatic carbocycles. The Morgan fingerprint density at radius 1 is 1.33 bits per heavy atom. The molecule has 0 aliphatic heterocycles. The summed E-state index contributed by atoms with van der Waals surface area (Å²) in [7, 11) is 4.00. The van der Waals surface area contributed by atoms with Crippen LogP contribution >= 0.6 is 0 Å². The lowest BCUT2D eigenvalue weighted by Gasteiger charge is -2.14. The molecule has 18 heavy (non-hydrogen) atoms. The summed E-state index contributed by atoms with van der Waals surface area (Å²) in [6, 6.07) is 4.68. The third-order valence-corrected chi connectivity index (χ3v) is 2.56. The van der Waals surface area contributed by atoms with Crippen LogP contribution in [0.2, 0.25) is 0 Å². The number of hydrogen-bond donors (Lipinski definition) is 1. The highest BCUT2D eigenvalue weighted by molar-refractivity contribution is 5.33. The molecule has 0 atom stereocenters. The highest BCUT2D eigenvalue weighted by Crippen LogP contribution is 2.19. The molecule has 0 saturated heterocycles. The number of benzene rings is 1. The summed E-state index contributed by atoms with van der Waals surface area (Å²) in [6.07, 6.45) is 1.06. The van der Waals surface area contributed by atoms with Crippen LogP contribution < -0.4 is 10.1 Å². The van der Waals surface area contributed by atoms with Crippen molar-refractivity contribution in [3.05, 3.63) is 29.6 Å². The minimum atomic E-state index is -0.219. The Morgan fingerprint density at radius 3 is 2.78 bits per heavy atom. The fraction of sp³-hybridized carbons (Fsp3) is 0.571. The second kappa shape index (κ2) is 8.06. The molecule has 0 aliphatic rings. The Hall–Kier alpha value is -1.13. The van der Waals surface area contributed by atoms with Crippen molar-refractivity contribution in [2.75, 3.05) is 33.8 Å². The predicted octanol–water partition coefficient (Wildman–Crippen LogP) is 2.27. The smallest absolute Gasteiger partial charge is 0.124 e. The van der Waals surface area contributed by atoms with Gasteiger partial charge in [0.1, 0.15) is 18.2 Å². The molecule has 0 amide bonds. The van der Waals surface area contributed by atoms with Crippen LogP contribution in [-0.4, -0.2) is 38.7 Å². The van der Waals surface area contributed by atoms with Crippen molar-refractivity contribution in [1.82, 2.24) is 10.2 Å². The van der Waals surface area contributed by atoms with Crippen molar-refractivity contribution >= 4 is 0 Å². The quantitative estimate of drug-likeness (QED) is 0.720. The van der Waals surface area contributed by atoms with Gasteiger partial charge < -0.3 is 15.0 Å². The van der Waals surface area contributed by atoms with Gasteiger partial charge >= 0.3 is 0 Å². The standard InChI is InChI=1S/C14H23FN2O/c1-4-7-16-11-12-10-13(15)5-6-14(12)18-9-8-17(2)3/h5-6,10,16H,4,7-9,11H2,1-3H3. The maximum absolute atomic E-state index is 13.2. The van der Waals surface area contributed by atoms with E-state index in [1.807, 2.05) is 14.1 Å². The lowest BCUT2D eigenvalue weighted by Crippen LogP contribution is -2.20. The molecule has 1 N–H and O–H groups in total. The number of halogens is 1. The first-order valence-corrected chi connectivity index (χ1v) is 6.40. The van der Waals surface area contributed by atoms with E-state index in [4.69, 9.17) is 4.74 Å². The van der Waals surface area contributed by atoms with Crippen molar-refractivity contribution < 1.29 is 9.13 Å². The second-order valence-electron chi connectivity index (χ2n) is 4.58. The summed E-state index contributed by atoms with van der Waals surface area (Å²) < 4.78 is 18.9. The Morgan fingerprint density at radius 2 is 2.11 bits per heavy atom. The Balaban J connectivity index is 2.58. The molecule has 4 heteroatoms. The first-order chi connectivity index (χ1) is 8.63. The van der Waals surface area contributed by atoms with E-state index < -0.39 is 0 Å². The molecule has 3 nitrogen and oxygen atoms in total. The first kappa shape index (κ1) is 14.9. The molecule has 0 aliphatic carbocycles. The van der Waals surface area contributed by atoms with Crippen molar-refractivity contribution in [2.24, 2.45) is 0 Å². The second-order valence-corrected chi connectivity index (χ2v) is 4.58. The van der Waals surface area contributed by atoms with Crippen LogP contribution in [0, 0.1) is 5.82 Å². The Kier molecular flexibility index (Phi) is 6.68. The molecule has 0 aromatic heterocycles. The van der Waals surface area contributed by atoms with E-state index in [-0.39, 0.29) is 5.82 Å². The fourth-order valence-electron chi connectivity index (χ4n) is 1.56. The lowest BCUT2D eigenvalue weighted by atomic mass is 10.2. The monoisotopic (exact) mass is 254 g/mol. The van der Waals surface area contributed by atoms with Crippen LogP contribution in [-0.2, 0) is 6.54 Å². The number of nitrogens with zero attached hydrogens (tertiary/aromatic N) is 1. The van der Waals surface area contributed by atoms with Gasteiger partial charge in [-0.05, 0) is 45.3 Å². The van der Waals surface area contributed by atoms with Crippen molar-refractivity contribution in [3.8, 4) is 5.75 Å². The van der Waals surface area contributed by atoms with E-state index in [2.05, 4.69) is 17.1 Å². The molecule has 0 saturated carbocycles. The molecule has 0 heterocycles. The summed E-state index contributed by atoms with van der Waals surface area (Å²) in [4.78, 5) is 2.05. The zero-order valence-electron chi connectivity index (χ0n) is 11.5. The number of hydrogen-bond acceptors (Lipinski definition) is 3. The van der Waals surface area contributed by atoms with Gasteiger partial charge in [0.2, 0.25) is 0 Å². The molecule has 0 bridgehead atoms. The van der Waals surface area contributed by atoms with Gasteiger partial charge in [0, 0.05) is 18.7 Å². The van der Waals surface area contributed by atoms with E-state index in [1.165, 1.54) is 12.1 Å². The third kappa shape index (κ3) is 5.47. The zero-order valence-corrected chi connectivity index (χ0v) is 11.5. The van der Waals surface area contributed by atoms with Crippen LogP contribution in [0.1, 0.15) is 18.9 Å². The first-order valence-electron chi connectivity index (χ1n) is 6.40. The lowest BCUT2D eigenvalue weighted by molar-refractivity contribution is 0.259. The Bertz CT molecular complexity index is 356.